The third-order valence-corrected chi connectivity index (χ3v) is 3.13. The Morgan fingerprint density at radius 2 is 1.90 bits per heavy atom. The van der Waals surface area contributed by atoms with E-state index in [0.29, 0.717) is 22.7 Å². The van der Waals surface area contributed by atoms with Gasteiger partial charge in [0.2, 0.25) is 0 Å². The molecule has 0 saturated carbocycles. The van der Waals surface area contributed by atoms with Crippen LogP contribution in [0.15, 0.2) is 35.1 Å². The van der Waals surface area contributed by atoms with E-state index in [1.54, 1.807) is 44.2 Å². The molecule has 5 heteroatoms. The lowest BCUT2D eigenvalue weighted by Gasteiger charge is -2.15. The van der Waals surface area contributed by atoms with Gasteiger partial charge in [-0.05, 0) is 37.6 Å². The fourth-order valence-electron chi connectivity index (χ4n) is 2.26. The maximum absolute atomic E-state index is 12.4. The van der Waals surface area contributed by atoms with E-state index in [4.69, 9.17) is 4.74 Å². The van der Waals surface area contributed by atoms with Crippen LogP contribution in [0.1, 0.15) is 21.6 Å². The lowest BCUT2D eigenvalue weighted by Crippen LogP contribution is -2.28. The summed E-state index contributed by atoms with van der Waals surface area (Å²) in [5, 5.41) is 9.19. The van der Waals surface area contributed by atoms with Gasteiger partial charge in [0.1, 0.15) is 11.3 Å². The van der Waals surface area contributed by atoms with E-state index in [-0.39, 0.29) is 5.56 Å². The third-order valence-electron chi connectivity index (χ3n) is 3.13. The molecule has 0 fully saturated rings. The monoisotopic (exact) mass is 273 g/mol. The molecule has 1 heterocycles. The number of carbonyl (C=O) groups is 1. The van der Waals surface area contributed by atoms with Crippen LogP contribution in [0.25, 0.3) is 5.69 Å². The number of carboxylic acid groups (broad SMARTS) is 1. The van der Waals surface area contributed by atoms with E-state index in [2.05, 4.69) is 0 Å². The third kappa shape index (κ3) is 2.18. The topological polar surface area (TPSA) is 68.5 Å². The highest BCUT2D eigenvalue weighted by Crippen LogP contribution is 2.22. The quantitative estimate of drug-likeness (QED) is 0.930. The fraction of sp³-hybridized carbons (Fsp3) is 0.200. The molecule has 0 atom stereocenters. The van der Waals surface area contributed by atoms with Crippen LogP contribution in [0.4, 0.5) is 0 Å². The molecule has 0 aliphatic carbocycles. The van der Waals surface area contributed by atoms with Crippen molar-refractivity contribution in [1.82, 2.24) is 4.57 Å². The van der Waals surface area contributed by atoms with Gasteiger partial charge in [0.25, 0.3) is 5.56 Å². The Kier molecular flexibility index (Phi) is 3.61. The number of carboxylic acids is 1. The number of rotatable bonds is 3. The number of benzene rings is 1. The lowest BCUT2D eigenvalue weighted by atomic mass is 10.1. The Hall–Kier alpha value is -2.56. The lowest BCUT2D eigenvalue weighted by molar-refractivity contribution is 0.0693. The van der Waals surface area contributed by atoms with Gasteiger partial charge in [-0.15, -0.1) is 0 Å². The summed E-state index contributed by atoms with van der Waals surface area (Å²) in [5.41, 5.74) is 0.856. The van der Waals surface area contributed by atoms with Crippen LogP contribution in [0.5, 0.6) is 5.75 Å². The Morgan fingerprint density at radius 1 is 1.25 bits per heavy atom. The molecule has 0 amide bonds. The van der Waals surface area contributed by atoms with Crippen LogP contribution in [-0.2, 0) is 0 Å². The smallest absolute Gasteiger partial charge is 0.341 e. The highest BCUT2D eigenvalue weighted by atomic mass is 16.5. The van der Waals surface area contributed by atoms with E-state index in [1.807, 2.05) is 0 Å². The number of hydrogen-bond donors (Lipinski definition) is 1. The van der Waals surface area contributed by atoms with Crippen LogP contribution >= 0.6 is 0 Å². The molecule has 0 unspecified atom stereocenters. The van der Waals surface area contributed by atoms with Crippen LogP contribution in [0, 0.1) is 13.8 Å². The van der Waals surface area contributed by atoms with E-state index >= 15 is 0 Å². The molecule has 1 aromatic carbocycles. The fourth-order valence-corrected chi connectivity index (χ4v) is 2.26. The molecule has 5 nitrogen and oxygen atoms in total. The van der Waals surface area contributed by atoms with Gasteiger partial charge in [0.15, 0.2) is 0 Å². The maximum atomic E-state index is 12.4. The molecular formula is C15H15NO4. The minimum absolute atomic E-state index is 0.221. The summed E-state index contributed by atoms with van der Waals surface area (Å²) in [5.74, 6) is -0.714. The number of aromatic nitrogens is 1. The number of pyridine rings is 1. The first-order valence-electron chi connectivity index (χ1n) is 6.07. The van der Waals surface area contributed by atoms with Crippen molar-refractivity contribution in [3.63, 3.8) is 0 Å². The van der Waals surface area contributed by atoms with Crippen molar-refractivity contribution >= 4 is 5.97 Å². The first-order chi connectivity index (χ1) is 9.47. The van der Waals surface area contributed by atoms with Crippen LogP contribution in [0.3, 0.4) is 0 Å². The summed E-state index contributed by atoms with van der Waals surface area (Å²) >= 11 is 0. The molecule has 2 rings (SSSR count). The molecule has 0 bridgehead atoms. The second-order valence-electron chi connectivity index (χ2n) is 4.46. The highest BCUT2D eigenvalue weighted by Gasteiger charge is 2.18. The molecule has 0 radical (unpaired) electrons. The van der Waals surface area contributed by atoms with Gasteiger partial charge in [-0.2, -0.15) is 0 Å². The first-order valence-corrected chi connectivity index (χ1v) is 6.07. The molecule has 104 valence electrons. The zero-order valence-corrected chi connectivity index (χ0v) is 11.5. The summed E-state index contributed by atoms with van der Waals surface area (Å²) in [6.07, 6.45) is 0. The van der Waals surface area contributed by atoms with Crippen molar-refractivity contribution in [1.29, 1.82) is 0 Å². The van der Waals surface area contributed by atoms with Gasteiger partial charge in [-0.25, -0.2) is 4.79 Å². The average Bonchev–Trinajstić information content (AvgIpc) is 2.38. The number of methoxy groups -OCH3 is 1. The number of nitrogens with zero attached hydrogens (tertiary/aromatic N) is 1. The van der Waals surface area contributed by atoms with E-state index in [0.717, 1.165) is 0 Å². The van der Waals surface area contributed by atoms with Crippen molar-refractivity contribution < 1.29 is 14.6 Å². The van der Waals surface area contributed by atoms with E-state index < -0.39 is 11.5 Å². The van der Waals surface area contributed by atoms with Crippen LogP contribution in [0.2, 0.25) is 0 Å². The second kappa shape index (κ2) is 5.21. The molecule has 0 aliphatic heterocycles. The molecule has 20 heavy (non-hydrogen) atoms. The van der Waals surface area contributed by atoms with Crippen LogP contribution in [-0.4, -0.2) is 22.8 Å². The van der Waals surface area contributed by atoms with Crippen molar-refractivity contribution in [2.45, 2.75) is 13.8 Å². The zero-order valence-electron chi connectivity index (χ0n) is 11.5. The second-order valence-corrected chi connectivity index (χ2v) is 4.46. The Morgan fingerprint density at radius 3 is 2.50 bits per heavy atom. The van der Waals surface area contributed by atoms with E-state index in [1.165, 1.54) is 11.7 Å². The van der Waals surface area contributed by atoms with Crippen molar-refractivity contribution in [2.75, 3.05) is 7.11 Å². The summed E-state index contributed by atoms with van der Waals surface area (Å²) in [4.78, 5) is 23.7. The molecule has 0 spiro atoms. The summed E-state index contributed by atoms with van der Waals surface area (Å²) in [7, 11) is 1.51. The normalized spacial score (nSPS) is 10.3. The minimum Gasteiger partial charge on any atom is -0.495 e. The minimum atomic E-state index is -1.23. The number of aromatic carboxylic acids is 1. The SMILES string of the molecule is COc1ccccc1-n1c(C)cc(C)c(C(=O)O)c1=O. The van der Waals surface area contributed by atoms with Crippen molar-refractivity contribution in [3.05, 3.63) is 57.5 Å². The molecule has 2 aromatic rings. The summed E-state index contributed by atoms with van der Waals surface area (Å²) in [6.45, 7) is 3.37. The zero-order chi connectivity index (χ0) is 14.9. The molecule has 0 saturated heterocycles. The summed E-state index contributed by atoms with van der Waals surface area (Å²) < 4.78 is 6.59. The average molecular weight is 273 g/mol. The number of aryl methyl sites for hydroxylation is 2. The van der Waals surface area contributed by atoms with Gasteiger partial charge >= 0.3 is 5.97 Å². The van der Waals surface area contributed by atoms with Gasteiger partial charge in [-0.3, -0.25) is 9.36 Å². The molecule has 1 aromatic heterocycles. The molecular weight excluding hydrogens is 258 g/mol. The Bertz CT molecular complexity index is 731. The standard InChI is InChI=1S/C15H15NO4/c1-9-8-10(2)16(14(17)13(9)15(18)19)11-6-4-5-7-12(11)20-3/h4-8H,1-3H3,(H,18,19). The summed E-state index contributed by atoms with van der Waals surface area (Å²) in [6, 6.07) is 8.67. The van der Waals surface area contributed by atoms with Gasteiger partial charge in [0, 0.05) is 5.69 Å². The van der Waals surface area contributed by atoms with E-state index in [9.17, 15) is 14.7 Å². The van der Waals surface area contributed by atoms with Crippen LogP contribution < -0.4 is 10.3 Å². The number of hydrogen-bond acceptors (Lipinski definition) is 3. The number of para-hydroxylation sites is 2. The molecule has 0 aliphatic rings. The predicted molar refractivity (Wildman–Crippen MR) is 75.0 cm³/mol. The largest absolute Gasteiger partial charge is 0.495 e. The highest BCUT2D eigenvalue weighted by molar-refractivity contribution is 5.89. The Labute approximate surface area is 116 Å². The first kappa shape index (κ1) is 13.9. The van der Waals surface area contributed by atoms with Crippen molar-refractivity contribution in [3.8, 4) is 11.4 Å². The Balaban J connectivity index is 2.85. The predicted octanol–water partition coefficient (Wildman–Crippen LogP) is 2.16. The molecule has 1 N–H and O–H groups in total. The van der Waals surface area contributed by atoms with Gasteiger partial charge < -0.3 is 9.84 Å². The maximum Gasteiger partial charge on any atom is 0.341 e. The van der Waals surface area contributed by atoms with Gasteiger partial charge in [-0.1, -0.05) is 12.1 Å². The van der Waals surface area contributed by atoms with Crippen molar-refractivity contribution in [2.24, 2.45) is 0 Å². The number of ether oxygens (including phenoxy) is 1. The van der Waals surface area contributed by atoms with Gasteiger partial charge in [0.05, 0.1) is 12.8 Å².